The normalized spacial score (nSPS) is 16.9. The summed E-state index contributed by atoms with van der Waals surface area (Å²) in [4.78, 5) is 11.5. The van der Waals surface area contributed by atoms with Crippen molar-refractivity contribution in [3.63, 3.8) is 0 Å². The molecule has 3 rings (SSSR count). The molecular formula is C19H25N3. The molecule has 0 spiro atoms. The van der Waals surface area contributed by atoms with E-state index in [1.165, 1.54) is 42.6 Å². The second-order valence-electron chi connectivity index (χ2n) is 6.19. The van der Waals surface area contributed by atoms with Crippen molar-refractivity contribution in [2.45, 2.75) is 46.1 Å². The first-order chi connectivity index (χ1) is 10.7. The van der Waals surface area contributed by atoms with Crippen LogP contribution in [0.4, 0.5) is 0 Å². The van der Waals surface area contributed by atoms with Crippen molar-refractivity contribution in [1.82, 2.24) is 14.9 Å². The Kier molecular flexibility index (Phi) is 4.53. The van der Waals surface area contributed by atoms with Gasteiger partial charge in [-0.2, -0.15) is 0 Å². The van der Waals surface area contributed by atoms with Crippen molar-refractivity contribution in [2.75, 3.05) is 13.1 Å². The number of nitrogens with zero attached hydrogens (tertiary/aromatic N) is 3. The molecule has 0 bridgehead atoms. The lowest BCUT2D eigenvalue weighted by atomic mass is 10.0. The first-order valence-electron chi connectivity index (χ1n) is 8.36. The van der Waals surface area contributed by atoms with E-state index in [0.29, 0.717) is 6.04 Å². The number of likely N-dealkylation sites (tertiary alicyclic amines) is 1. The minimum atomic E-state index is 0.509. The van der Waals surface area contributed by atoms with Crippen LogP contribution < -0.4 is 0 Å². The van der Waals surface area contributed by atoms with E-state index in [0.717, 1.165) is 17.9 Å². The van der Waals surface area contributed by atoms with E-state index in [2.05, 4.69) is 53.0 Å². The van der Waals surface area contributed by atoms with Gasteiger partial charge in [0.15, 0.2) is 0 Å². The van der Waals surface area contributed by atoms with Crippen molar-refractivity contribution < 1.29 is 0 Å². The highest BCUT2D eigenvalue weighted by atomic mass is 15.2. The minimum Gasteiger partial charge on any atom is -0.297 e. The van der Waals surface area contributed by atoms with E-state index < -0.39 is 0 Å². The van der Waals surface area contributed by atoms with Crippen LogP contribution in [0.15, 0.2) is 30.5 Å². The Morgan fingerprint density at radius 1 is 1.14 bits per heavy atom. The lowest BCUT2D eigenvalue weighted by molar-refractivity contribution is 0.263. The van der Waals surface area contributed by atoms with E-state index in [1.807, 2.05) is 13.1 Å². The molecule has 0 N–H and O–H groups in total. The van der Waals surface area contributed by atoms with Gasteiger partial charge >= 0.3 is 0 Å². The average Bonchev–Trinajstić information content (AvgIpc) is 3.09. The van der Waals surface area contributed by atoms with Crippen LogP contribution in [-0.2, 0) is 6.42 Å². The van der Waals surface area contributed by atoms with E-state index >= 15 is 0 Å². The summed E-state index contributed by atoms with van der Waals surface area (Å²) in [5.74, 6) is 0.835. The van der Waals surface area contributed by atoms with Gasteiger partial charge in [0.1, 0.15) is 5.82 Å². The molecule has 1 fully saturated rings. The zero-order chi connectivity index (χ0) is 15.5. The smallest absolute Gasteiger partial charge is 0.125 e. The molecule has 0 unspecified atom stereocenters. The zero-order valence-corrected chi connectivity index (χ0v) is 13.8. The maximum atomic E-state index is 4.64. The molecule has 0 amide bonds. The molecule has 1 aromatic heterocycles. The highest BCUT2D eigenvalue weighted by Gasteiger charge is 2.19. The standard InChI is InChI=1S/C19H25N3/c1-4-16-13-20-15(3)21-19(16)18-9-7-17(8-10-18)14(2)22-11-5-6-12-22/h7-10,13-14H,4-6,11-12H2,1-3H3/t14-/m0/s1. The second-order valence-corrected chi connectivity index (χ2v) is 6.19. The quantitative estimate of drug-likeness (QED) is 0.847. The first kappa shape index (κ1) is 15.2. The number of rotatable bonds is 4. The fraction of sp³-hybridized carbons (Fsp3) is 0.474. The van der Waals surface area contributed by atoms with Gasteiger partial charge in [-0.1, -0.05) is 31.2 Å². The van der Waals surface area contributed by atoms with Gasteiger partial charge in [0.05, 0.1) is 5.69 Å². The molecular weight excluding hydrogens is 270 g/mol. The van der Waals surface area contributed by atoms with Crippen LogP contribution in [0.25, 0.3) is 11.3 Å². The van der Waals surface area contributed by atoms with Gasteiger partial charge in [-0.05, 0) is 57.3 Å². The van der Waals surface area contributed by atoms with Gasteiger partial charge in [0, 0.05) is 17.8 Å². The first-order valence-corrected chi connectivity index (χ1v) is 8.36. The molecule has 1 aliphatic rings. The third-order valence-corrected chi connectivity index (χ3v) is 4.72. The minimum absolute atomic E-state index is 0.509. The molecule has 1 aromatic carbocycles. The summed E-state index contributed by atoms with van der Waals surface area (Å²) in [6, 6.07) is 9.45. The predicted molar refractivity (Wildman–Crippen MR) is 90.8 cm³/mol. The Hall–Kier alpha value is -1.74. The molecule has 116 valence electrons. The van der Waals surface area contributed by atoms with Crippen molar-refractivity contribution >= 4 is 0 Å². The van der Waals surface area contributed by atoms with Gasteiger partial charge in [0.25, 0.3) is 0 Å². The summed E-state index contributed by atoms with van der Waals surface area (Å²) < 4.78 is 0. The van der Waals surface area contributed by atoms with Crippen LogP contribution in [0.2, 0.25) is 0 Å². The number of aryl methyl sites for hydroxylation is 2. The topological polar surface area (TPSA) is 29.0 Å². The molecule has 2 aromatic rings. The summed E-state index contributed by atoms with van der Waals surface area (Å²) in [5.41, 5.74) is 4.88. The van der Waals surface area contributed by atoms with Gasteiger partial charge in [-0.3, -0.25) is 4.90 Å². The largest absolute Gasteiger partial charge is 0.297 e. The highest BCUT2D eigenvalue weighted by molar-refractivity contribution is 5.63. The molecule has 1 aliphatic heterocycles. The number of hydrogen-bond acceptors (Lipinski definition) is 3. The van der Waals surface area contributed by atoms with Crippen molar-refractivity contribution in [3.8, 4) is 11.3 Å². The third-order valence-electron chi connectivity index (χ3n) is 4.72. The average molecular weight is 295 g/mol. The van der Waals surface area contributed by atoms with Crippen LogP contribution in [0.3, 0.4) is 0 Å². The van der Waals surface area contributed by atoms with Gasteiger partial charge in [0.2, 0.25) is 0 Å². The molecule has 3 nitrogen and oxygen atoms in total. The summed E-state index contributed by atoms with van der Waals surface area (Å²) in [6.07, 6.45) is 5.59. The number of hydrogen-bond donors (Lipinski definition) is 0. The lowest BCUT2D eigenvalue weighted by Crippen LogP contribution is -2.23. The van der Waals surface area contributed by atoms with Crippen molar-refractivity contribution in [2.24, 2.45) is 0 Å². The van der Waals surface area contributed by atoms with Gasteiger partial charge in [-0.25, -0.2) is 9.97 Å². The Bertz CT molecular complexity index is 628. The Balaban J connectivity index is 1.86. The highest BCUT2D eigenvalue weighted by Crippen LogP contribution is 2.27. The van der Waals surface area contributed by atoms with E-state index in [9.17, 15) is 0 Å². The van der Waals surface area contributed by atoms with Crippen molar-refractivity contribution in [3.05, 3.63) is 47.4 Å². The van der Waals surface area contributed by atoms with Crippen molar-refractivity contribution in [1.29, 1.82) is 0 Å². The molecule has 2 heterocycles. The van der Waals surface area contributed by atoms with E-state index in [4.69, 9.17) is 0 Å². The fourth-order valence-electron chi connectivity index (χ4n) is 3.26. The molecule has 3 heteroatoms. The number of benzene rings is 1. The maximum Gasteiger partial charge on any atom is 0.125 e. The zero-order valence-electron chi connectivity index (χ0n) is 13.8. The Morgan fingerprint density at radius 3 is 2.45 bits per heavy atom. The third kappa shape index (κ3) is 3.05. The number of aromatic nitrogens is 2. The van der Waals surface area contributed by atoms with Crippen LogP contribution >= 0.6 is 0 Å². The van der Waals surface area contributed by atoms with Crippen LogP contribution in [0.5, 0.6) is 0 Å². The SMILES string of the molecule is CCc1cnc(C)nc1-c1ccc([C@H](C)N2CCCC2)cc1. The van der Waals surface area contributed by atoms with E-state index in [1.54, 1.807) is 0 Å². The molecule has 0 aliphatic carbocycles. The molecule has 1 saturated heterocycles. The summed E-state index contributed by atoms with van der Waals surface area (Å²) in [7, 11) is 0. The summed E-state index contributed by atoms with van der Waals surface area (Å²) >= 11 is 0. The lowest BCUT2D eigenvalue weighted by Gasteiger charge is -2.24. The monoisotopic (exact) mass is 295 g/mol. The second kappa shape index (κ2) is 6.57. The summed E-state index contributed by atoms with van der Waals surface area (Å²) in [5, 5.41) is 0. The molecule has 0 radical (unpaired) electrons. The van der Waals surface area contributed by atoms with Crippen LogP contribution in [0.1, 0.15) is 49.7 Å². The Labute approximate surface area is 133 Å². The fourth-order valence-corrected chi connectivity index (χ4v) is 3.26. The van der Waals surface area contributed by atoms with Crippen LogP contribution in [0, 0.1) is 6.92 Å². The molecule has 0 saturated carbocycles. The summed E-state index contributed by atoms with van der Waals surface area (Å²) in [6.45, 7) is 8.88. The molecule has 22 heavy (non-hydrogen) atoms. The predicted octanol–water partition coefficient (Wildman–Crippen LogP) is 4.17. The van der Waals surface area contributed by atoms with E-state index in [-0.39, 0.29) is 0 Å². The van der Waals surface area contributed by atoms with Crippen LogP contribution in [-0.4, -0.2) is 28.0 Å². The Morgan fingerprint density at radius 2 is 1.82 bits per heavy atom. The van der Waals surface area contributed by atoms with Gasteiger partial charge in [-0.15, -0.1) is 0 Å². The maximum absolute atomic E-state index is 4.64. The molecule has 1 atom stereocenters. The van der Waals surface area contributed by atoms with Gasteiger partial charge < -0.3 is 0 Å².